The average Bonchev–Trinajstić information content (AvgIpc) is 3.09. The van der Waals surface area contributed by atoms with Crippen molar-refractivity contribution in [1.82, 2.24) is 15.2 Å². The molecule has 0 amide bonds. The molecule has 2 saturated carbocycles. The van der Waals surface area contributed by atoms with E-state index in [1.165, 1.54) is 18.9 Å². The zero-order valence-corrected chi connectivity index (χ0v) is 16.9. The van der Waals surface area contributed by atoms with Crippen LogP contribution in [0.4, 0.5) is 27.8 Å². The lowest BCUT2D eigenvalue weighted by atomic mass is 10.0. The fraction of sp³-hybridized carbons (Fsp3) is 0.619. The van der Waals surface area contributed by atoms with E-state index < -0.39 is 30.5 Å². The van der Waals surface area contributed by atoms with Crippen LogP contribution in [0.1, 0.15) is 36.8 Å². The van der Waals surface area contributed by atoms with Gasteiger partial charge in [0.2, 0.25) is 0 Å². The first-order chi connectivity index (χ1) is 14.6. The van der Waals surface area contributed by atoms with Crippen LogP contribution >= 0.6 is 0 Å². The van der Waals surface area contributed by atoms with E-state index in [9.17, 15) is 22.0 Å². The van der Waals surface area contributed by atoms with Gasteiger partial charge in [-0.1, -0.05) is 0 Å². The SMILES string of the molecule is N=C(/C=C(\NCC(F)F)[C@H]1[C@@H]2C[C@H](N3CCCC3)C[C@@H]21)c1cnc(N)c(C(F)(F)F)c1. The summed E-state index contributed by atoms with van der Waals surface area (Å²) in [5, 5.41) is 11.0. The highest BCUT2D eigenvalue weighted by Crippen LogP contribution is 2.61. The molecule has 1 aromatic heterocycles. The monoisotopic (exact) mass is 443 g/mol. The fourth-order valence-corrected chi connectivity index (χ4v) is 5.23. The topological polar surface area (TPSA) is 78.0 Å². The van der Waals surface area contributed by atoms with E-state index in [1.807, 2.05) is 0 Å². The number of aromatic nitrogens is 1. The summed E-state index contributed by atoms with van der Waals surface area (Å²) in [4.78, 5) is 6.06. The first-order valence-electron chi connectivity index (χ1n) is 10.5. The van der Waals surface area contributed by atoms with Crippen LogP contribution in [0.25, 0.3) is 0 Å². The average molecular weight is 443 g/mol. The third kappa shape index (κ3) is 4.68. The van der Waals surface area contributed by atoms with Crippen LogP contribution in [0.15, 0.2) is 24.0 Å². The van der Waals surface area contributed by atoms with Crippen molar-refractivity contribution in [3.63, 3.8) is 0 Å². The van der Waals surface area contributed by atoms with Gasteiger partial charge in [0.15, 0.2) is 0 Å². The Bertz CT molecular complexity index is 850. The summed E-state index contributed by atoms with van der Waals surface area (Å²) in [6.07, 6.45) is -0.355. The summed E-state index contributed by atoms with van der Waals surface area (Å²) in [6, 6.07) is 1.31. The second-order valence-electron chi connectivity index (χ2n) is 8.66. The number of allylic oxidation sites excluding steroid dienone is 2. The summed E-state index contributed by atoms with van der Waals surface area (Å²) in [5.41, 5.74) is 4.45. The van der Waals surface area contributed by atoms with Crippen LogP contribution in [0, 0.1) is 23.2 Å². The number of nitrogen functional groups attached to an aromatic ring is 1. The van der Waals surface area contributed by atoms with Gasteiger partial charge in [0.1, 0.15) is 5.82 Å². The van der Waals surface area contributed by atoms with Gasteiger partial charge in [0, 0.05) is 29.4 Å². The predicted molar refractivity (Wildman–Crippen MR) is 107 cm³/mol. The number of nitrogens with two attached hydrogens (primary N) is 1. The lowest BCUT2D eigenvalue weighted by Crippen LogP contribution is -2.32. The molecule has 4 N–H and O–H groups in total. The van der Waals surface area contributed by atoms with Gasteiger partial charge in [-0.15, -0.1) is 0 Å². The van der Waals surface area contributed by atoms with Crippen molar-refractivity contribution in [3.8, 4) is 0 Å². The molecule has 170 valence electrons. The predicted octanol–water partition coefficient (Wildman–Crippen LogP) is 3.91. The number of fused-ring (bicyclic) bond motifs is 1. The molecule has 2 heterocycles. The first-order valence-corrected chi connectivity index (χ1v) is 10.5. The largest absolute Gasteiger partial charge is 0.419 e. The second-order valence-corrected chi connectivity index (χ2v) is 8.66. The van der Waals surface area contributed by atoms with Gasteiger partial charge in [0.05, 0.1) is 17.8 Å². The first kappa shape index (κ1) is 22.0. The van der Waals surface area contributed by atoms with E-state index in [-0.39, 0.29) is 17.2 Å². The molecule has 5 nitrogen and oxygen atoms in total. The summed E-state index contributed by atoms with van der Waals surface area (Å²) >= 11 is 0. The Morgan fingerprint density at radius 3 is 2.48 bits per heavy atom. The number of hydrogen-bond donors (Lipinski definition) is 3. The van der Waals surface area contributed by atoms with E-state index in [0.29, 0.717) is 23.6 Å². The van der Waals surface area contributed by atoms with Crippen LogP contribution in [0.2, 0.25) is 0 Å². The number of anilines is 1. The van der Waals surface area contributed by atoms with Crippen LogP contribution in [-0.2, 0) is 6.18 Å². The maximum absolute atomic E-state index is 13.1. The molecule has 0 spiro atoms. The molecule has 0 bridgehead atoms. The van der Waals surface area contributed by atoms with Crippen molar-refractivity contribution in [2.45, 2.75) is 44.3 Å². The van der Waals surface area contributed by atoms with Crippen LogP contribution < -0.4 is 11.1 Å². The smallest absolute Gasteiger partial charge is 0.383 e. The molecule has 10 heteroatoms. The quantitative estimate of drug-likeness (QED) is 0.441. The van der Waals surface area contributed by atoms with Crippen molar-refractivity contribution in [1.29, 1.82) is 5.41 Å². The molecule has 4 rings (SSSR count). The van der Waals surface area contributed by atoms with E-state index >= 15 is 0 Å². The Hall–Kier alpha value is -2.23. The fourth-order valence-electron chi connectivity index (χ4n) is 5.23. The summed E-state index contributed by atoms with van der Waals surface area (Å²) in [5.74, 6) is 0.116. The molecule has 3 aliphatic rings. The molecule has 3 fully saturated rings. The molecule has 0 aromatic carbocycles. The van der Waals surface area contributed by atoms with Gasteiger partial charge in [-0.25, -0.2) is 13.8 Å². The number of pyridine rings is 1. The summed E-state index contributed by atoms with van der Waals surface area (Å²) in [7, 11) is 0. The minimum absolute atomic E-state index is 0.0433. The number of nitrogens with zero attached hydrogens (tertiary/aromatic N) is 2. The molecular weight excluding hydrogens is 417 g/mol. The number of rotatable bonds is 7. The molecular formula is C21H26F5N5. The van der Waals surface area contributed by atoms with Crippen molar-refractivity contribution in [2.75, 3.05) is 25.4 Å². The second kappa shape index (κ2) is 8.37. The van der Waals surface area contributed by atoms with Gasteiger partial charge in [-0.2, -0.15) is 13.2 Å². The molecule has 1 aromatic rings. The Kier molecular flexibility index (Phi) is 5.93. The molecule has 31 heavy (non-hydrogen) atoms. The van der Waals surface area contributed by atoms with Gasteiger partial charge >= 0.3 is 6.18 Å². The Balaban J connectivity index is 1.50. The van der Waals surface area contributed by atoms with E-state index in [0.717, 1.165) is 38.2 Å². The van der Waals surface area contributed by atoms with Gasteiger partial charge < -0.3 is 21.4 Å². The normalized spacial score (nSPS) is 28.8. The van der Waals surface area contributed by atoms with Gasteiger partial charge in [-0.05, 0) is 62.8 Å². The Labute approximate surface area is 177 Å². The number of hydrogen-bond acceptors (Lipinski definition) is 5. The Morgan fingerprint density at radius 2 is 1.90 bits per heavy atom. The summed E-state index contributed by atoms with van der Waals surface area (Å²) in [6.45, 7) is 1.66. The third-order valence-corrected chi connectivity index (χ3v) is 6.73. The maximum Gasteiger partial charge on any atom is 0.419 e. The minimum Gasteiger partial charge on any atom is -0.383 e. The number of halogens is 5. The number of alkyl halides is 5. The maximum atomic E-state index is 13.1. The van der Waals surface area contributed by atoms with Crippen molar-refractivity contribution < 1.29 is 22.0 Å². The Morgan fingerprint density at radius 1 is 1.26 bits per heavy atom. The molecule has 2 aliphatic carbocycles. The van der Waals surface area contributed by atoms with Crippen molar-refractivity contribution in [2.24, 2.45) is 17.8 Å². The minimum atomic E-state index is -4.69. The van der Waals surface area contributed by atoms with Crippen molar-refractivity contribution >= 4 is 11.5 Å². The molecule has 1 saturated heterocycles. The van der Waals surface area contributed by atoms with Gasteiger partial charge in [-0.3, -0.25) is 0 Å². The highest BCUT2D eigenvalue weighted by atomic mass is 19.4. The summed E-state index contributed by atoms with van der Waals surface area (Å²) < 4.78 is 65.0. The van der Waals surface area contributed by atoms with Crippen LogP contribution in [0.5, 0.6) is 0 Å². The number of nitrogens with one attached hydrogen (secondary N) is 2. The van der Waals surface area contributed by atoms with E-state index in [2.05, 4.69) is 15.2 Å². The molecule has 0 unspecified atom stereocenters. The third-order valence-electron chi connectivity index (χ3n) is 6.73. The molecule has 0 radical (unpaired) electrons. The highest BCUT2D eigenvalue weighted by molar-refractivity contribution is 6.07. The zero-order chi connectivity index (χ0) is 22.3. The lowest BCUT2D eigenvalue weighted by molar-refractivity contribution is -0.137. The highest BCUT2D eigenvalue weighted by Gasteiger charge is 2.58. The molecule has 4 atom stereocenters. The van der Waals surface area contributed by atoms with Crippen LogP contribution in [-0.4, -0.2) is 47.7 Å². The van der Waals surface area contributed by atoms with E-state index in [1.54, 1.807) is 0 Å². The standard InChI is InChI=1S/C21H26F5N5/c22-18(23)10-29-17(19-13-6-12(7-14(13)19)31-3-1-2-4-31)8-16(27)11-5-15(21(24,25)26)20(28)30-9-11/h5,8-9,12-14,18-19,27,29H,1-4,6-7,10H2,(H2,28,30)/b17-8-,27-16?/t12-,13+,14-,19-. The van der Waals surface area contributed by atoms with Gasteiger partial charge in [0.25, 0.3) is 6.43 Å². The van der Waals surface area contributed by atoms with Crippen molar-refractivity contribution in [3.05, 3.63) is 35.2 Å². The number of likely N-dealkylation sites (tertiary alicyclic amines) is 1. The zero-order valence-electron chi connectivity index (χ0n) is 16.9. The lowest BCUT2D eigenvalue weighted by Gasteiger charge is -2.26. The van der Waals surface area contributed by atoms with Crippen LogP contribution in [0.3, 0.4) is 0 Å². The molecule has 1 aliphatic heterocycles. The van der Waals surface area contributed by atoms with E-state index in [4.69, 9.17) is 11.1 Å².